The minimum atomic E-state index is 0.131. The highest BCUT2D eigenvalue weighted by Crippen LogP contribution is 2.39. The number of aliphatic hydroxyl groups excluding tert-OH is 1. The molecular weight excluding hydrogens is 372 g/mol. The van der Waals surface area contributed by atoms with Crippen LogP contribution in [-0.4, -0.2) is 21.9 Å². The number of rotatable bonds is 6. The summed E-state index contributed by atoms with van der Waals surface area (Å²) in [7, 11) is 0. The average molecular weight is 401 g/mol. The van der Waals surface area contributed by atoms with Crippen LogP contribution in [0.25, 0.3) is 5.57 Å². The molecule has 0 heterocycles. The second-order valence-electron chi connectivity index (χ2n) is 7.65. The third-order valence-electron chi connectivity index (χ3n) is 5.12. The fraction of sp³-hybridized carbons (Fsp3) is 0.185. The minimum absolute atomic E-state index is 0.131. The smallest absolute Gasteiger partial charge is 0.115 e. The Balaban J connectivity index is 0.000000448. The van der Waals surface area contributed by atoms with Gasteiger partial charge in [0.05, 0.1) is 0 Å². The number of hydrogen-bond donors (Lipinski definition) is 3. The number of phenols is 2. The van der Waals surface area contributed by atoms with E-state index in [1.165, 1.54) is 16.7 Å². The van der Waals surface area contributed by atoms with Gasteiger partial charge in [-0.15, -0.1) is 0 Å². The summed E-state index contributed by atoms with van der Waals surface area (Å²) < 4.78 is 0. The lowest BCUT2D eigenvalue weighted by Crippen LogP contribution is -1.95. The topological polar surface area (TPSA) is 60.7 Å². The Morgan fingerprint density at radius 3 is 1.53 bits per heavy atom. The molecule has 3 heteroatoms. The van der Waals surface area contributed by atoms with Crippen molar-refractivity contribution in [2.24, 2.45) is 0 Å². The molecule has 154 valence electrons. The Bertz CT molecular complexity index is 959. The Morgan fingerprint density at radius 1 is 0.767 bits per heavy atom. The molecule has 2 aliphatic carbocycles. The van der Waals surface area contributed by atoms with Gasteiger partial charge in [0.1, 0.15) is 11.5 Å². The molecule has 0 atom stereocenters. The SMILES string of the molecule is C=C1C/C1=C\C(CCCO)=C(c1ccc(O)cc1)c1ccc(O)cc1.C=C1CC1=C. The van der Waals surface area contributed by atoms with E-state index >= 15 is 0 Å². The third kappa shape index (κ3) is 5.85. The van der Waals surface area contributed by atoms with Crippen LogP contribution in [0.4, 0.5) is 0 Å². The van der Waals surface area contributed by atoms with Gasteiger partial charge in [0.2, 0.25) is 0 Å². The van der Waals surface area contributed by atoms with Gasteiger partial charge in [-0.05, 0) is 94.5 Å². The van der Waals surface area contributed by atoms with Crippen LogP contribution in [0, 0.1) is 0 Å². The van der Waals surface area contributed by atoms with Crippen molar-refractivity contribution in [1.29, 1.82) is 0 Å². The van der Waals surface area contributed by atoms with Gasteiger partial charge in [-0.2, -0.15) is 0 Å². The molecule has 0 amide bonds. The lowest BCUT2D eigenvalue weighted by Gasteiger charge is -2.15. The van der Waals surface area contributed by atoms with Crippen LogP contribution in [0.5, 0.6) is 11.5 Å². The lowest BCUT2D eigenvalue weighted by molar-refractivity contribution is 0.289. The fourth-order valence-electron chi connectivity index (χ4n) is 3.09. The van der Waals surface area contributed by atoms with Crippen molar-refractivity contribution in [3.05, 3.63) is 113 Å². The van der Waals surface area contributed by atoms with Crippen LogP contribution in [0.15, 0.2) is 102 Å². The molecule has 0 aliphatic heterocycles. The monoisotopic (exact) mass is 400 g/mol. The molecule has 2 fully saturated rings. The van der Waals surface area contributed by atoms with E-state index in [9.17, 15) is 15.3 Å². The molecule has 2 aliphatic rings. The summed E-state index contributed by atoms with van der Waals surface area (Å²) in [6, 6.07) is 14.2. The van der Waals surface area contributed by atoms with Crippen molar-refractivity contribution in [2.45, 2.75) is 25.7 Å². The maximum Gasteiger partial charge on any atom is 0.115 e. The van der Waals surface area contributed by atoms with E-state index in [4.69, 9.17) is 0 Å². The number of benzene rings is 2. The highest BCUT2D eigenvalue weighted by Gasteiger charge is 2.20. The molecular formula is C27H28O3. The number of allylic oxidation sites excluding steroid dienone is 6. The van der Waals surface area contributed by atoms with E-state index in [-0.39, 0.29) is 18.1 Å². The van der Waals surface area contributed by atoms with E-state index < -0.39 is 0 Å². The number of aromatic hydroxyl groups is 2. The second kappa shape index (κ2) is 9.47. The van der Waals surface area contributed by atoms with Crippen LogP contribution >= 0.6 is 0 Å². The summed E-state index contributed by atoms with van der Waals surface area (Å²) >= 11 is 0. The normalized spacial score (nSPS) is 15.5. The number of phenolic OH excluding ortho intramolecular Hbond substituents is 2. The molecule has 0 unspecified atom stereocenters. The van der Waals surface area contributed by atoms with E-state index in [2.05, 4.69) is 25.8 Å². The molecule has 2 saturated carbocycles. The Labute approximate surface area is 178 Å². The summed E-state index contributed by atoms with van der Waals surface area (Å²) in [5, 5.41) is 28.5. The van der Waals surface area contributed by atoms with Crippen molar-refractivity contribution in [2.75, 3.05) is 6.61 Å². The summed E-state index contributed by atoms with van der Waals surface area (Å²) in [4.78, 5) is 0. The summed E-state index contributed by atoms with van der Waals surface area (Å²) in [6.07, 6.45) is 5.59. The van der Waals surface area contributed by atoms with Crippen LogP contribution in [0.2, 0.25) is 0 Å². The molecule has 0 spiro atoms. The van der Waals surface area contributed by atoms with E-state index in [0.717, 1.165) is 47.1 Å². The van der Waals surface area contributed by atoms with Crippen LogP contribution in [-0.2, 0) is 0 Å². The largest absolute Gasteiger partial charge is 0.508 e. The van der Waals surface area contributed by atoms with Gasteiger partial charge in [0, 0.05) is 6.61 Å². The minimum Gasteiger partial charge on any atom is -0.508 e. The van der Waals surface area contributed by atoms with Gasteiger partial charge in [-0.25, -0.2) is 0 Å². The maximum absolute atomic E-state index is 9.61. The Morgan fingerprint density at radius 2 is 1.20 bits per heavy atom. The Hall–Kier alpha value is -3.30. The van der Waals surface area contributed by atoms with E-state index in [1.807, 2.05) is 24.3 Å². The standard InChI is InChI=1S/C22H22O3.C5H6/c1-15-13-19(15)14-18(3-2-12-23)22(16-4-8-20(24)9-5-16)17-6-10-21(25)11-7-17;1-4-3-5(4)2/h4-11,14,23-25H,1-3,12-13H2;1-3H2/b19-14+;. The lowest BCUT2D eigenvalue weighted by atomic mass is 9.90. The van der Waals surface area contributed by atoms with Crippen molar-refractivity contribution >= 4 is 5.57 Å². The second-order valence-corrected chi connectivity index (χ2v) is 7.65. The van der Waals surface area contributed by atoms with Gasteiger partial charge < -0.3 is 15.3 Å². The molecule has 2 aromatic rings. The summed E-state index contributed by atoms with van der Waals surface area (Å²) in [6.45, 7) is 11.4. The number of hydrogen-bond acceptors (Lipinski definition) is 3. The number of aliphatic hydroxyl groups is 1. The van der Waals surface area contributed by atoms with E-state index in [0.29, 0.717) is 6.42 Å². The van der Waals surface area contributed by atoms with Gasteiger partial charge in [0.15, 0.2) is 0 Å². The van der Waals surface area contributed by atoms with Gasteiger partial charge in [-0.3, -0.25) is 0 Å². The molecule has 0 aromatic heterocycles. The van der Waals surface area contributed by atoms with Gasteiger partial charge >= 0.3 is 0 Å². The fourth-order valence-corrected chi connectivity index (χ4v) is 3.09. The van der Waals surface area contributed by atoms with Crippen molar-refractivity contribution in [3.63, 3.8) is 0 Å². The van der Waals surface area contributed by atoms with E-state index in [1.54, 1.807) is 24.3 Å². The molecule has 2 aromatic carbocycles. The summed E-state index contributed by atoms with van der Waals surface area (Å²) in [5.74, 6) is 0.444. The zero-order valence-corrected chi connectivity index (χ0v) is 17.2. The zero-order chi connectivity index (χ0) is 21.7. The quantitative estimate of drug-likeness (QED) is 0.552. The van der Waals surface area contributed by atoms with Gasteiger partial charge in [-0.1, -0.05) is 50.1 Å². The molecule has 0 bridgehead atoms. The summed E-state index contributed by atoms with van der Waals surface area (Å²) in [5.41, 5.74) is 8.98. The molecule has 4 rings (SSSR count). The first-order valence-electron chi connectivity index (χ1n) is 10.1. The first-order valence-corrected chi connectivity index (χ1v) is 10.1. The highest BCUT2D eigenvalue weighted by molar-refractivity contribution is 5.84. The predicted molar refractivity (Wildman–Crippen MR) is 123 cm³/mol. The van der Waals surface area contributed by atoms with Crippen LogP contribution < -0.4 is 0 Å². The molecule has 3 N–H and O–H groups in total. The maximum atomic E-state index is 9.61. The molecule has 30 heavy (non-hydrogen) atoms. The molecule has 3 nitrogen and oxygen atoms in total. The highest BCUT2D eigenvalue weighted by atomic mass is 16.3. The third-order valence-corrected chi connectivity index (χ3v) is 5.12. The first-order chi connectivity index (χ1) is 14.4. The molecule has 0 radical (unpaired) electrons. The zero-order valence-electron chi connectivity index (χ0n) is 17.2. The van der Waals surface area contributed by atoms with Crippen molar-refractivity contribution in [3.8, 4) is 11.5 Å². The van der Waals surface area contributed by atoms with Crippen LogP contribution in [0.3, 0.4) is 0 Å². The van der Waals surface area contributed by atoms with Gasteiger partial charge in [0.25, 0.3) is 0 Å². The molecule has 0 saturated heterocycles. The van der Waals surface area contributed by atoms with Crippen molar-refractivity contribution < 1.29 is 15.3 Å². The average Bonchev–Trinajstić information content (AvgIpc) is 3.61. The first kappa shape index (κ1) is 21.4. The van der Waals surface area contributed by atoms with Crippen molar-refractivity contribution in [1.82, 2.24) is 0 Å². The predicted octanol–water partition coefficient (Wildman–Crippen LogP) is 6.06. The van der Waals surface area contributed by atoms with Crippen LogP contribution in [0.1, 0.15) is 36.8 Å². The Kier molecular flexibility index (Phi) is 6.76.